The topological polar surface area (TPSA) is 75.7 Å². The Morgan fingerprint density at radius 3 is 2.29 bits per heavy atom. The second-order valence-corrected chi connectivity index (χ2v) is 8.88. The van der Waals surface area contributed by atoms with Gasteiger partial charge in [0.25, 0.3) is 0 Å². The third kappa shape index (κ3) is 5.73. The molecule has 0 aromatic heterocycles. The molecule has 0 saturated carbocycles. The van der Waals surface area contributed by atoms with Gasteiger partial charge in [0, 0.05) is 0 Å². The van der Waals surface area contributed by atoms with Gasteiger partial charge < -0.3 is 10.1 Å². The number of carbonyl (C=O) groups is 1. The summed E-state index contributed by atoms with van der Waals surface area (Å²) in [7, 11) is -3.60. The molecule has 0 spiro atoms. The molecule has 2 aromatic carbocycles. The molecule has 0 atom stereocenters. The van der Waals surface area contributed by atoms with E-state index >= 15 is 0 Å². The molecule has 1 N–H and O–H groups in total. The summed E-state index contributed by atoms with van der Waals surface area (Å²) >= 11 is 0. The van der Waals surface area contributed by atoms with Crippen LogP contribution >= 0.6 is 0 Å². The fraction of sp³-hybridized carbons (Fsp3) is 0.381. The molecule has 6 nitrogen and oxygen atoms in total. The third-order valence-corrected chi connectivity index (χ3v) is 5.51. The van der Waals surface area contributed by atoms with Crippen molar-refractivity contribution in [1.82, 2.24) is 5.32 Å². The van der Waals surface area contributed by atoms with Crippen LogP contribution in [0.5, 0.6) is 5.75 Å². The van der Waals surface area contributed by atoms with Crippen LogP contribution in [-0.2, 0) is 14.8 Å². The molecule has 0 heterocycles. The molecule has 0 bridgehead atoms. The number of benzene rings is 2. The molecule has 0 fully saturated rings. The Balaban J connectivity index is 1.98. The summed E-state index contributed by atoms with van der Waals surface area (Å²) in [6.07, 6.45) is 1.11. The monoisotopic (exact) mass is 404 g/mol. The quantitative estimate of drug-likeness (QED) is 0.687. The fourth-order valence-corrected chi connectivity index (χ4v) is 3.93. The summed E-state index contributed by atoms with van der Waals surface area (Å²) < 4.78 is 31.4. The number of nitrogens with zero attached hydrogens (tertiary/aromatic N) is 1. The zero-order valence-corrected chi connectivity index (χ0v) is 17.9. The summed E-state index contributed by atoms with van der Waals surface area (Å²) in [5.41, 5.74) is 4.27. The first-order valence-corrected chi connectivity index (χ1v) is 10.9. The van der Waals surface area contributed by atoms with E-state index in [1.165, 1.54) is 0 Å². The maximum atomic E-state index is 12.4. The summed E-state index contributed by atoms with van der Waals surface area (Å²) in [4.78, 5) is 12.4. The number of carbonyl (C=O) groups excluding carboxylic acids is 1. The lowest BCUT2D eigenvalue weighted by molar-refractivity contribution is -0.119. The van der Waals surface area contributed by atoms with Gasteiger partial charge in [0.05, 0.1) is 18.5 Å². The minimum atomic E-state index is -3.60. The van der Waals surface area contributed by atoms with Gasteiger partial charge in [-0.2, -0.15) is 0 Å². The van der Waals surface area contributed by atoms with Crippen LogP contribution < -0.4 is 14.4 Å². The molecule has 1 amide bonds. The van der Waals surface area contributed by atoms with Crippen molar-refractivity contribution in [3.05, 3.63) is 58.7 Å². The molecule has 0 saturated heterocycles. The molecular formula is C21H28N2O4S. The number of sulfonamides is 1. The number of hydrogen-bond donors (Lipinski definition) is 1. The maximum Gasteiger partial charge on any atom is 0.240 e. The SMILES string of the molecule is Cc1ccc(C)c(OCCNC(=O)CN(c2c(C)cccc2C)S(C)(=O)=O)c1. The van der Waals surface area contributed by atoms with E-state index in [2.05, 4.69) is 5.32 Å². The number of para-hydroxylation sites is 1. The standard InChI is InChI=1S/C21H28N2O4S/c1-15-9-10-16(2)19(13-15)27-12-11-22-20(24)14-23(28(5,25)26)21-17(3)7-6-8-18(21)4/h6-10,13H,11-12,14H2,1-5H3,(H,22,24). The van der Waals surface area contributed by atoms with Crippen molar-refractivity contribution in [1.29, 1.82) is 0 Å². The van der Waals surface area contributed by atoms with Gasteiger partial charge in [-0.25, -0.2) is 8.42 Å². The first-order chi connectivity index (χ1) is 13.1. The molecule has 0 radical (unpaired) electrons. The van der Waals surface area contributed by atoms with Gasteiger partial charge >= 0.3 is 0 Å². The average Bonchev–Trinajstić information content (AvgIpc) is 2.59. The summed E-state index contributed by atoms with van der Waals surface area (Å²) in [5, 5.41) is 2.73. The van der Waals surface area contributed by atoms with Crippen molar-refractivity contribution < 1.29 is 17.9 Å². The summed E-state index contributed by atoms with van der Waals surface area (Å²) in [5.74, 6) is 0.403. The van der Waals surface area contributed by atoms with Gasteiger partial charge in [0.1, 0.15) is 18.9 Å². The third-order valence-electron chi connectivity index (χ3n) is 4.40. The van der Waals surface area contributed by atoms with Crippen LogP contribution in [0, 0.1) is 27.7 Å². The van der Waals surface area contributed by atoms with Gasteiger partial charge in [-0.3, -0.25) is 9.10 Å². The molecule has 0 aliphatic rings. The van der Waals surface area contributed by atoms with Crippen LogP contribution in [0.3, 0.4) is 0 Å². The molecular weight excluding hydrogens is 376 g/mol. The van der Waals surface area contributed by atoms with Gasteiger partial charge in [-0.05, 0) is 56.0 Å². The highest BCUT2D eigenvalue weighted by atomic mass is 32.2. The smallest absolute Gasteiger partial charge is 0.240 e. The molecule has 0 unspecified atom stereocenters. The molecule has 7 heteroatoms. The van der Waals surface area contributed by atoms with Crippen LogP contribution in [-0.4, -0.2) is 40.3 Å². The lowest BCUT2D eigenvalue weighted by atomic mass is 10.1. The zero-order chi connectivity index (χ0) is 20.9. The van der Waals surface area contributed by atoms with Crippen molar-refractivity contribution in [2.45, 2.75) is 27.7 Å². The summed E-state index contributed by atoms with van der Waals surface area (Å²) in [6.45, 7) is 7.93. The number of rotatable bonds is 8. The minimum absolute atomic E-state index is 0.270. The number of amides is 1. The second-order valence-electron chi connectivity index (χ2n) is 6.98. The summed E-state index contributed by atoms with van der Waals surface area (Å²) in [6, 6.07) is 11.5. The Kier molecular flexibility index (Phi) is 7.07. The first kappa shape index (κ1) is 21.8. The van der Waals surface area contributed by atoms with E-state index < -0.39 is 10.0 Å². The van der Waals surface area contributed by atoms with Crippen LogP contribution in [0.4, 0.5) is 5.69 Å². The highest BCUT2D eigenvalue weighted by Gasteiger charge is 2.23. The first-order valence-electron chi connectivity index (χ1n) is 9.10. The molecule has 0 aliphatic carbocycles. The van der Waals surface area contributed by atoms with Crippen molar-refractivity contribution >= 4 is 21.6 Å². The van der Waals surface area contributed by atoms with Crippen LogP contribution in [0.2, 0.25) is 0 Å². The van der Waals surface area contributed by atoms with E-state index in [1.54, 1.807) is 0 Å². The Labute approximate surface area is 167 Å². The second kappa shape index (κ2) is 9.10. The number of ether oxygens (including phenoxy) is 1. The van der Waals surface area contributed by atoms with Crippen LogP contribution in [0.15, 0.2) is 36.4 Å². The van der Waals surface area contributed by atoms with E-state index in [0.29, 0.717) is 12.3 Å². The minimum Gasteiger partial charge on any atom is -0.491 e. The zero-order valence-electron chi connectivity index (χ0n) is 17.1. The maximum absolute atomic E-state index is 12.4. The van der Waals surface area contributed by atoms with Gasteiger partial charge in [-0.1, -0.05) is 30.3 Å². The Bertz CT molecular complexity index is 935. The largest absolute Gasteiger partial charge is 0.491 e. The van der Waals surface area contributed by atoms with Crippen molar-refractivity contribution in [2.75, 3.05) is 30.3 Å². The van der Waals surface area contributed by atoms with Gasteiger partial charge in [-0.15, -0.1) is 0 Å². The van der Waals surface area contributed by atoms with E-state index in [1.807, 2.05) is 64.1 Å². The fourth-order valence-electron chi connectivity index (χ4n) is 2.96. The van der Waals surface area contributed by atoms with Crippen molar-refractivity contribution in [3.8, 4) is 5.75 Å². The lowest BCUT2D eigenvalue weighted by Crippen LogP contribution is -2.42. The van der Waals surface area contributed by atoms with Crippen molar-refractivity contribution in [2.24, 2.45) is 0 Å². The Morgan fingerprint density at radius 2 is 1.68 bits per heavy atom. The van der Waals surface area contributed by atoms with Gasteiger partial charge in [0.15, 0.2) is 0 Å². The molecule has 2 aromatic rings. The molecule has 2 rings (SSSR count). The average molecular weight is 405 g/mol. The van der Waals surface area contributed by atoms with E-state index in [9.17, 15) is 13.2 Å². The predicted octanol–water partition coefficient (Wildman–Crippen LogP) is 2.88. The Morgan fingerprint density at radius 1 is 1.04 bits per heavy atom. The van der Waals surface area contributed by atoms with Crippen molar-refractivity contribution in [3.63, 3.8) is 0 Å². The number of aryl methyl sites for hydroxylation is 4. The molecule has 28 heavy (non-hydrogen) atoms. The normalized spacial score (nSPS) is 11.2. The van der Waals surface area contributed by atoms with Crippen LogP contribution in [0.1, 0.15) is 22.3 Å². The number of anilines is 1. The van der Waals surface area contributed by atoms with E-state index in [-0.39, 0.29) is 19.0 Å². The van der Waals surface area contributed by atoms with Crippen LogP contribution in [0.25, 0.3) is 0 Å². The predicted molar refractivity (Wildman–Crippen MR) is 113 cm³/mol. The van der Waals surface area contributed by atoms with Gasteiger partial charge in [0.2, 0.25) is 15.9 Å². The van der Waals surface area contributed by atoms with E-state index in [4.69, 9.17) is 4.74 Å². The molecule has 152 valence electrons. The highest BCUT2D eigenvalue weighted by Crippen LogP contribution is 2.26. The van der Waals surface area contributed by atoms with E-state index in [0.717, 1.165) is 38.6 Å². The molecule has 0 aliphatic heterocycles. The number of hydrogen-bond acceptors (Lipinski definition) is 4. The lowest BCUT2D eigenvalue weighted by Gasteiger charge is -2.25. The number of nitrogens with one attached hydrogen (secondary N) is 1. The Hall–Kier alpha value is -2.54. The highest BCUT2D eigenvalue weighted by molar-refractivity contribution is 7.92.